The summed E-state index contributed by atoms with van der Waals surface area (Å²) in [6.45, 7) is 5.66. The van der Waals surface area contributed by atoms with Gasteiger partial charge in [-0.2, -0.15) is 0 Å². The lowest BCUT2D eigenvalue weighted by molar-refractivity contribution is 1.01. The lowest BCUT2D eigenvalue weighted by Crippen LogP contribution is -1.70. The maximum absolute atomic E-state index is 3.56. The summed E-state index contributed by atoms with van der Waals surface area (Å²) >= 11 is 0. The molecule has 7 heavy (non-hydrogen) atoms. The molecule has 1 aliphatic rings. The molecule has 0 heterocycles. The van der Waals surface area contributed by atoms with Gasteiger partial charge in [-0.1, -0.05) is 6.58 Å². The second-order valence-electron chi connectivity index (χ2n) is 2.13. The Hall–Kier alpha value is -0.480. The van der Waals surface area contributed by atoms with Gasteiger partial charge in [0.1, 0.15) is 0 Å². The van der Waals surface area contributed by atoms with Crippen LogP contribution < -0.4 is 0 Å². The molecule has 0 atom stereocenters. The summed E-state index contributed by atoms with van der Waals surface area (Å²) < 4.78 is 0. The highest BCUT2D eigenvalue weighted by molar-refractivity contribution is 5.06. The van der Waals surface area contributed by atoms with Crippen LogP contribution in [0.5, 0.6) is 0 Å². The Morgan fingerprint density at radius 1 is 1.71 bits per heavy atom. The summed E-state index contributed by atoms with van der Waals surface area (Å²) in [6.07, 6.45) is 2.74. The highest BCUT2D eigenvalue weighted by Gasteiger charge is 2.22. The second-order valence-corrected chi connectivity index (χ2v) is 2.13. The third-order valence-electron chi connectivity index (χ3n) is 1.47. The molecule has 0 aromatic carbocycles. The van der Waals surface area contributed by atoms with E-state index < -0.39 is 0 Å². The summed E-state index contributed by atoms with van der Waals surface area (Å²) in [5.41, 5.74) is 4.24. The molecule has 0 aromatic rings. The fraction of sp³-hybridized carbons (Fsp3) is 0.571. The maximum Gasteiger partial charge on any atom is -0.0130 e. The molecule has 0 spiro atoms. The van der Waals surface area contributed by atoms with E-state index in [9.17, 15) is 0 Å². The summed E-state index contributed by atoms with van der Waals surface area (Å²) in [4.78, 5) is 0. The number of hydrogen-bond acceptors (Lipinski definition) is 0. The van der Waals surface area contributed by atoms with E-state index in [-0.39, 0.29) is 0 Å². The van der Waals surface area contributed by atoms with Crippen molar-refractivity contribution in [2.75, 3.05) is 0 Å². The van der Waals surface area contributed by atoms with Crippen LogP contribution in [0.1, 0.15) is 19.8 Å². The second kappa shape index (κ2) is 1.55. The van der Waals surface area contributed by atoms with E-state index in [1.54, 1.807) is 0 Å². The van der Waals surface area contributed by atoms with Gasteiger partial charge in [-0.3, -0.25) is 0 Å². The quantitative estimate of drug-likeness (QED) is 0.437. The molecule has 0 amide bonds. The van der Waals surface area contributed by atoms with Crippen molar-refractivity contribution in [2.45, 2.75) is 19.8 Å². The van der Waals surface area contributed by atoms with Gasteiger partial charge in [0.05, 0.1) is 0 Å². The first-order valence-corrected chi connectivity index (χ1v) is 2.71. The van der Waals surface area contributed by atoms with Crippen LogP contribution in [0.3, 0.4) is 0 Å². The van der Waals surface area contributed by atoms with Crippen LogP contribution in [0.2, 0.25) is 0 Å². The van der Waals surface area contributed by atoms with Crippen molar-refractivity contribution in [1.29, 1.82) is 0 Å². The largest absolute Gasteiger partial charge is 0.130 e. The minimum atomic E-state index is 0.859. The van der Waals surface area contributed by atoms with Gasteiger partial charge in [0.25, 0.3) is 0 Å². The zero-order valence-corrected chi connectivity index (χ0v) is 4.70. The Kier molecular flexibility index (Phi) is 1.04. The van der Waals surface area contributed by atoms with Crippen molar-refractivity contribution in [1.82, 2.24) is 0 Å². The molecule has 1 fully saturated rings. The third-order valence-corrected chi connectivity index (χ3v) is 1.47. The molecule has 1 aliphatic carbocycles. The lowest BCUT2D eigenvalue weighted by Gasteiger charge is -1.84. The van der Waals surface area contributed by atoms with E-state index in [1.165, 1.54) is 18.4 Å². The van der Waals surface area contributed by atoms with Crippen LogP contribution in [0, 0.1) is 5.92 Å². The van der Waals surface area contributed by atoms with Gasteiger partial charge in [0, 0.05) is 0 Å². The zero-order valence-electron chi connectivity index (χ0n) is 4.70. The van der Waals surface area contributed by atoms with E-state index >= 15 is 0 Å². The SMILES string of the molecule is C=C=C(C)C1CC1. The van der Waals surface area contributed by atoms with E-state index in [2.05, 4.69) is 19.2 Å². The fourth-order valence-corrected chi connectivity index (χ4v) is 0.661. The van der Waals surface area contributed by atoms with E-state index in [0.717, 1.165) is 5.92 Å². The minimum Gasteiger partial charge on any atom is -0.130 e. The average Bonchev–Trinajstić information content (AvgIpc) is 2.44. The Morgan fingerprint density at radius 3 is 2.43 bits per heavy atom. The first-order chi connectivity index (χ1) is 3.34. The Morgan fingerprint density at radius 2 is 2.29 bits per heavy atom. The summed E-state index contributed by atoms with van der Waals surface area (Å²) in [5, 5.41) is 0. The molecular weight excluding hydrogens is 84.1 g/mol. The van der Waals surface area contributed by atoms with Crippen LogP contribution in [0.25, 0.3) is 0 Å². The first kappa shape index (κ1) is 4.67. The molecule has 0 unspecified atom stereocenters. The standard InChI is InChI=1S/C7H10/c1-3-6(2)7-4-5-7/h7H,1,4-5H2,2H3. The molecule has 0 radical (unpaired) electrons. The van der Waals surface area contributed by atoms with Crippen LogP contribution in [0.15, 0.2) is 17.9 Å². The van der Waals surface area contributed by atoms with Gasteiger partial charge < -0.3 is 0 Å². The van der Waals surface area contributed by atoms with E-state index in [4.69, 9.17) is 0 Å². The number of allylic oxidation sites excluding steroid dienone is 1. The number of rotatable bonds is 1. The summed E-state index contributed by atoms with van der Waals surface area (Å²) in [5.74, 6) is 0.859. The molecule has 0 N–H and O–H groups in total. The molecule has 1 saturated carbocycles. The van der Waals surface area contributed by atoms with Gasteiger partial charge in [-0.25, -0.2) is 0 Å². The predicted octanol–water partition coefficient (Wildman–Crippen LogP) is 2.13. The number of hydrogen-bond donors (Lipinski definition) is 0. The third kappa shape index (κ3) is 0.942. The Bertz CT molecular complexity index is 112. The van der Waals surface area contributed by atoms with Gasteiger partial charge in [0.2, 0.25) is 0 Å². The minimum absolute atomic E-state index is 0.859. The fourth-order valence-electron chi connectivity index (χ4n) is 0.661. The molecule has 1 rings (SSSR count). The van der Waals surface area contributed by atoms with Crippen molar-refractivity contribution in [2.24, 2.45) is 5.92 Å². The molecule has 38 valence electrons. The average molecular weight is 94.2 g/mol. The summed E-state index contributed by atoms with van der Waals surface area (Å²) in [7, 11) is 0. The van der Waals surface area contributed by atoms with Crippen molar-refractivity contribution in [3.05, 3.63) is 17.9 Å². The Labute approximate surface area is 44.5 Å². The molecule has 0 saturated heterocycles. The predicted molar refractivity (Wildman–Crippen MR) is 31.1 cm³/mol. The van der Waals surface area contributed by atoms with Gasteiger partial charge in [-0.15, -0.1) is 5.73 Å². The smallest absolute Gasteiger partial charge is 0.0130 e. The monoisotopic (exact) mass is 94.1 g/mol. The van der Waals surface area contributed by atoms with Crippen LogP contribution in [0.4, 0.5) is 0 Å². The molecule has 0 bridgehead atoms. The van der Waals surface area contributed by atoms with Crippen molar-refractivity contribution < 1.29 is 0 Å². The van der Waals surface area contributed by atoms with Crippen LogP contribution in [-0.4, -0.2) is 0 Å². The van der Waals surface area contributed by atoms with Crippen molar-refractivity contribution in [3.8, 4) is 0 Å². The van der Waals surface area contributed by atoms with Crippen molar-refractivity contribution >= 4 is 0 Å². The van der Waals surface area contributed by atoms with Gasteiger partial charge in [-0.05, 0) is 31.3 Å². The van der Waals surface area contributed by atoms with Crippen LogP contribution >= 0.6 is 0 Å². The highest BCUT2D eigenvalue weighted by atomic mass is 14.3. The van der Waals surface area contributed by atoms with Crippen LogP contribution in [-0.2, 0) is 0 Å². The maximum atomic E-state index is 3.56. The van der Waals surface area contributed by atoms with Gasteiger partial charge >= 0.3 is 0 Å². The first-order valence-electron chi connectivity index (χ1n) is 2.71. The van der Waals surface area contributed by atoms with E-state index in [0.29, 0.717) is 0 Å². The zero-order chi connectivity index (χ0) is 5.28. The topological polar surface area (TPSA) is 0 Å². The molecule has 0 heteroatoms. The summed E-state index contributed by atoms with van der Waals surface area (Å²) in [6, 6.07) is 0. The Balaban J connectivity index is 2.53. The molecule has 0 nitrogen and oxygen atoms in total. The molecule has 0 aromatic heterocycles. The van der Waals surface area contributed by atoms with Gasteiger partial charge in [0.15, 0.2) is 0 Å². The normalized spacial score (nSPS) is 18.4. The highest BCUT2D eigenvalue weighted by Crippen LogP contribution is 2.35. The van der Waals surface area contributed by atoms with Crippen molar-refractivity contribution in [3.63, 3.8) is 0 Å². The lowest BCUT2D eigenvalue weighted by atomic mass is 10.2. The van der Waals surface area contributed by atoms with E-state index in [1.807, 2.05) is 0 Å². The molecular formula is C7H10. The molecule has 0 aliphatic heterocycles.